The predicted octanol–water partition coefficient (Wildman–Crippen LogP) is 0.813. The third-order valence-corrected chi connectivity index (χ3v) is 2.80. The minimum absolute atomic E-state index is 0.0191. The molecule has 0 aromatic heterocycles. The summed E-state index contributed by atoms with van der Waals surface area (Å²) in [7, 11) is 0. The van der Waals surface area contributed by atoms with Gasteiger partial charge < -0.3 is 15.4 Å². The van der Waals surface area contributed by atoms with E-state index >= 15 is 0 Å². The van der Waals surface area contributed by atoms with Gasteiger partial charge in [0, 0.05) is 4.43 Å². The highest BCUT2D eigenvalue weighted by atomic mass is 127. The van der Waals surface area contributed by atoms with Crippen molar-refractivity contribution < 1.29 is 14.3 Å². The van der Waals surface area contributed by atoms with E-state index in [9.17, 15) is 9.59 Å². The Kier molecular flexibility index (Phi) is 3.80. The van der Waals surface area contributed by atoms with Gasteiger partial charge in [-0.25, -0.2) is 4.79 Å². The predicted molar refractivity (Wildman–Crippen MR) is 64.0 cm³/mol. The third kappa shape index (κ3) is 3.51. The van der Waals surface area contributed by atoms with Crippen LogP contribution >= 0.6 is 22.6 Å². The highest BCUT2D eigenvalue weighted by Gasteiger charge is 2.40. The Balaban J connectivity index is 2.41. The Hall–Kier alpha value is -0.530. The Labute approximate surface area is 102 Å². The van der Waals surface area contributed by atoms with Gasteiger partial charge in [-0.2, -0.15) is 0 Å². The Bertz CT molecular complexity index is 275. The third-order valence-electron chi connectivity index (χ3n) is 1.85. The number of hydrogen-bond donors (Lipinski definition) is 2. The molecule has 1 saturated heterocycles. The first-order valence-corrected chi connectivity index (χ1v) is 6.22. The molecule has 1 rings (SSSR count). The topological polar surface area (TPSA) is 67.4 Å². The van der Waals surface area contributed by atoms with E-state index < -0.39 is 17.7 Å². The van der Waals surface area contributed by atoms with Crippen LogP contribution in [0.5, 0.6) is 0 Å². The van der Waals surface area contributed by atoms with E-state index in [0.29, 0.717) is 0 Å². The van der Waals surface area contributed by atoms with E-state index in [1.165, 1.54) is 0 Å². The first-order valence-electron chi connectivity index (χ1n) is 4.69. The van der Waals surface area contributed by atoms with Crippen molar-refractivity contribution in [2.45, 2.75) is 38.5 Å². The maximum Gasteiger partial charge on any atom is 0.408 e. The van der Waals surface area contributed by atoms with Gasteiger partial charge in [-0.3, -0.25) is 4.79 Å². The number of β-lactam (4-membered cyclic amide) rings is 1. The Morgan fingerprint density at radius 2 is 2.20 bits per heavy atom. The lowest BCUT2D eigenvalue weighted by Gasteiger charge is -2.36. The molecule has 0 spiro atoms. The zero-order valence-electron chi connectivity index (χ0n) is 8.96. The molecule has 0 saturated carbocycles. The molecule has 1 aliphatic heterocycles. The molecule has 86 valence electrons. The van der Waals surface area contributed by atoms with Gasteiger partial charge in [0.25, 0.3) is 0 Å². The fourth-order valence-corrected chi connectivity index (χ4v) is 1.90. The van der Waals surface area contributed by atoms with Gasteiger partial charge in [-0.15, -0.1) is 0 Å². The number of carbonyl (C=O) groups excluding carboxylic acids is 2. The molecule has 1 fully saturated rings. The molecule has 5 nitrogen and oxygen atoms in total. The molecular weight excluding hydrogens is 311 g/mol. The van der Waals surface area contributed by atoms with Crippen molar-refractivity contribution in [3.05, 3.63) is 0 Å². The summed E-state index contributed by atoms with van der Waals surface area (Å²) in [5.41, 5.74) is -0.538. The summed E-state index contributed by atoms with van der Waals surface area (Å²) in [6.07, 6.45) is -0.544. The summed E-state index contributed by atoms with van der Waals surface area (Å²) < 4.78 is 5.82. The van der Waals surface area contributed by atoms with Crippen molar-refractivity contribution in [1.82, 2.24) is 10.6 Å². The van der Waals surface area contributed by atoms with Gasteiger partial charge in [0.1, 0.15) is 11.6 Å². The molecular formula is C9H15IN2O3. The first kappa shape index (κ1) is 12.5. The lowest BCUT2D eigenvalue weighted by molar-refractivity contribution is -0.130. The second-order valence-corrected chi connectivity index (χ2v) is 5.27. The van der Waals surface area contributed by atoms with E-state index in [4.69, 9.17) is 4.74 Å². The fourth-order valence-electron chi connectivity index (χ4n) is 1.17. The van der Waals surface area contributed by atoms with Gasteiger partial charge in [-0.05, 0) is 20.8 Å². The molecule has 0 aromatic rings. The maximum atomic E-state index is 11.4. The summed E-state index contributed by atoms with van der Waals surface area (Å²) in [6, 6.07) is -0.428. The summed E-state index contributed by atoms with van der Waals surface area (Å²) >= 11 is 2.16. The summed E-state index contributed by atoms with van der Waals surface area (Å²) in [5, 5.41) is 5.24. The van der Waals surface area contributed by atoms with Crippen LogP contribution in [0.15, 0.2) is 0 Å². The quantitative estimate of drug-likeness (QED) is 0.448. The molecule has 2 atom stereocenters. The largest absolute Gasteiger partial charge is 0.444 e. The number of carbonyl (C=O) groups is 2. The van der Waals surface area contributed by atoms with Crippen LogP contribution in [0.1, 0.15) is 20.8 Å². The van der Waals surface area contributed by atoms with Crippen molar-refractivity contribution in [2.75, 3.05) is 4.43 Å². The van der Waals surface area contributed by atoms with Crippen LogP contribution in [0.3, 0.4) is 0 Å². The molecule has 0 unspecified atom stereocenters. The van der Waals surface area contributed by atoms with Crippen molar-refractivity contribution >= 4 is 34.6 Å². The minimum atomic E-state index is -0.544. The van der Waals surface area contributed by atoms with Gasteiger partial charge in [0.15, 0.2) is 0 Å². The number of alkyl carbamates (subject to hydrolysis) is 1. The minimum Gasteiger partial charge on any atom is -0.444 e. The number of hydrogen-bond acceptors (Lipinski definition) is 3. The van der Waals surface area contributed by atoms with Gasteiger partial charge in [0.2, 0.25) is 5.91 Å². The first-order chi connectivity index (χ1) is 6.83. The number of nitrogens with one attached hydrogen (secondary N) is 2. The molecule has 15 heavy (non-hydrogen) atoms. The van der Waals surface area contributed by atoms with Crippen LogP contribution in [0.4, 0.5) is 4.79 Å². The molecule has 0 aromatic carbocycles. The van der Waals surface area contributed by atoms with Crippen LogP contribution in [0.2, 0.25) is 0 Å². The van der Waals surface area contributed by atoms with Crippen LogP contribution < -0.4 is 10.6 Å². The maximum absolute atomic E-state index is 11.4. The van der Waals surface area contributed by atoms with Gasteiger partial charge >= 0.3 is 6.09 Å². The van der Waals surface area contributed by atoms with E-state index in [2.05, 4.69) is 33.2 Å². The molecule has 6 heteroatoms. The average Bonchev–Trinajstić information content (AvgIpc) is 2.07. The zero-order valence-corrected chi connectivity index (χ0v) is 11.1. The van der Waals surface area contributed by atoms with Crippen LogP contribution in [-0.4, -0.2) is 34.1 Å². The van der Waals surface area contributed by atoms with E-state index in [-0.39, 0.29) is 11.9 Å². The van der Waals surface area contributed by atoms with Crippen LogP contribution in [-0.2, 0) is 9.53 Å². The molecule has 0 bridgehead atoms. The second-order valence-electron chi connectivity index (χ2n) is 4.39. The molecule has 1 heterocycles. The highest BCUT2D eigenvalue weighted by Crippen LogP contribution is 2.11. The smallest absolute Gasteiger partial charge is 0.408 e. The number of amides is 2. The van der Waals surface area contributed by atoms with Crippen molar-refractivity contribution in [2.24, 2.45) is 0 Å². The summed E-state index contributed by atoms with van der Waals surface area (Å²) in [4.78, 5) is 22.5. The molecule has 1 aliphatic rings. The monoisotopic (exact) mass is 326 g/mol. The van der Waals surface area contributed by atoms with Crippen LogP contribution in [0, 0.1) is 0 Å². The molecule has 2 N–H and O–H groups in total. The van der Waals surface area contributed by atoms with E-state index in [1.807, 2.05) is 0 Å². The summed E-state index contributed by atoms with van der Waals surface area (Å²) in [6.45, 7) is 5.34. The van der Waals surface area contributed by atoms with Crippen LogP contribution in [0.25, 0.3) is 0 Å². The highest BCUT2D eigenvalue weighted by molar-refractivity contribution is 14.1. The number of halogens is 1. The average molecular weight is 326 g/mol. The molecule has 0 aliphatic carbocycles. The summed E-state index contributed by atoms with van der Waals surface area (Å²) in [5.74, 6) is -0.150. The fraction of sp³-hybridized carbons (Fsp3) is 0.778. The lowest BCUT2D eigenvalue weighted by Crippen LogP contribution is -2.70. The number of alkyl halides is 1. The Morgan fingerprint density at radius 3 is 2.60 bits per heavy atom. The number of rotatable bonds is 2. The lowest BCUT2D eigenvalue weighted by atomic mass is 10.0. The van der Waals surface area contributed by atoms with Crippen molar-refractivity contribution in [3.8, 4) is 0 Å². The SMILES string of the molecule is CC(C)(C)OC(=O)N[C@H]1C(=O)N[C@H]1CI. The van der Waals surface area contributed by atoms with Crippen molar-refractivity contribution in [3.63, 3.8) is 0 Å². The van der Waals surface area contributed by atoms with Crippen molar-refractivity contribution in [1.29, 1.82) is 0 Å². The van der Waals surface area contributed by atoms with Gasteiger partial charge in [-0.1, -0.05) is 22.6 Å². The second kappa shape index (κ2) is 4.54. The number of ether oxygens (including phenoxy) is 1. The van der Waals surface area contributed by atoms with Gasteiger partial charge in [0.05, 0.1) is 6.04 Å². The molecule has 0 radical (unpaired) electrons. The van der Waals surface area contributed by atoms with E-state index in [1.54, 1.807) is 20.8 Å². The molecule has 2 amide bonds. The zero-order chi connectivity index (χ0) is 11.6. The Morgan fingerprint density at radius 1 is 1.60 bits per heavy atom. The standard InChI is InChI=1S/C9H15IN2O3/c1-9(2,3)15-8(14)12-6-5(4-10)11-7(6)13/h5-6H,4H2,1-3H3,(H,11,13)(H,12,14)/t5-,6+/m0/s1. The van der Waals surface area contributed by atoms with E-state index in [0.717, 1.165) is 4.43 Å². The normalized spacial score (nSPS) is 25.2.